The molecular formula is C7H12N4O. The number of carbonyl (C=O) groups is 1. The maximum atomic E-state index is 10.8. The van der Waals surface area contributed by atoms with Crippen LogP contribution in [-0.2, 0) is 13.6 Å². The highest BCUT2D eigenvalue weighted by Crippen LogP contribution is 1.93. The minimum absolute atomic E-state index is 0.184. The van der Waals surface area contributed by atoms with Crippen LogP contribution in [0.15, 0.2) is 12.3 Å². The van der Waals surface area contributed by atoms with E-state index < -0.39 is 0 Å². The Kier molecular flexibility index (Phi) is 2.68. The summed E-state index contributed by atoms with van der Waals surface area (Å²) in [5.74, 6) is 0. The molecule has 0 aliphatic carbocycles. The maximum Gasteiger partial charge on any atom is 0.314 e. The predicted octanol–water partition coefficient (Wildman–Crippen LogP) is -0.151. The lowest BCUT2D eigenvalue weighted by Crippen LogP contribution is -2.32. The normalized spacial score (nSPS) is 9.50. The van der Waals surface area contributed by atoms with Crippen molar-refractivity contribution in [1.29, 1.82) is 0 Å². The molecule has 12 heavy (non-hydrogen) atoms. The van der Waals surface area contributed by atoms with Crippen LogP contribution in [0.1, 0.15) is 5.69 Å². The Hall–Kier alpha value is -1.52. The Morgan fingerprint density at radius 1 is 1.75 bits per heavy atom. The van der Waals surface area contributed by atoms with Crippen molar-refractivity contribution in [1.82, 2.24) is 20.4 Å². The van der Waals surface area contributed by atoms with Crippen LogP contribution >= 0.6 is 0 Å². The number of nitrogens with zero attached hydrogens (tertiary/aromatic N) is 2. The second kappa shape index (κ2) is 3.75. The Balaban J connectivity index is 2.43. The minimum atomic E-state index is -0.184. The van der Waals surface area contributed by atoms with E-state index in [0.29, 0.717) is 6.54 Å². The zero-order chi connectivity index (χ0) is 8.97. The van der Waals surface area contributed by atoms with Crippen LogP contribution in [0.2, 0.25) is 0 Å². The van der Waals surface area contributed by atoms with Gasteiger partial charge < -0.3 is 10.6 Å². The van der Waals surface area contributed by atoms with Crippen molar-refractivity contribution in [2.45, 2.75) is 6.54 Å². The Bertz CT molecular complexity index is 268. The average molecular weight is 168 g/mol. The van der Waals surface area contributed by atoms with Crippen molar-refractivity contribution in [3.8, 4) is 0 Å². The van der Waals surface area contributed by atoms with Crippen LogP contribution in [0, 0.1) is 0 Å². The van der Waals surface area contributed by atoms with E-state index in [0.717, 1.165) is 5.69 Å². The molecule has 0 aromatic carbocycles. The molecule has 0 aliphatic heterocycles. The molecule has 0 saturated heterocycles. The van der Waals surface area contributed by atoms with E-state index in [4.69, 9.17) is 0 Å². The number of amides is 2. The van der Waals surface area contributed by atoms with Crippen LogP contribution in [-0.4, -0.2) is 22.9 Å². The summed E-state index contributed by atoms with van der Waals surface area (Å²) in [6, 6.07) is 1.67. The highest BCUT2D eigenvalue weighted by atomic mass is 16.2. The second-order valence-corrected chi connectivity index (χ2v) is 2.38. The molecule has 0 atom stereocenters. The largest absolute Gasteiger partial charge is 0.341 e. The molecular weight excluding hydrogens is 156 g/mol. The third-order valence-corrected chi connectivity index (χ3v) is 1.58. The minimum Gasteiger partial charge on any atom is -0.341 e. The molecule has 66 valence electrons. The first kappa shape index (κ1) is 8.58. The zero-order valence-electron chi connectivity index (χ0n) is 7.16. The molecule has 1 aromatic rings. The van der Waals surface area contributed by atoms with Crippen molar-refractivity contribution >= 4 is 6.03 Å². The van der Waals surface area contributed by atoms with Crippen molar-refractivity contribution in [3.05, 3.63) is 18.0 Å². The summed E-state index contributed by atoms with van der Waals surface area (Å²) in [6.45, 7) is 0.496. The topological polar surface area (TPSA) is 59.0 Å². The highest BCUT2D eigenvalue weighted by molar-refractivity contribution is 5.73. The van der Waals surface area contributed by atoms with Gasteiger partial charge in [0, 0.05) is 20.3 Å². The van der Waals surface area contributed by atoms with Crippen LogP contribution < -0.4 is 10.6 Å². The molecule has 0 radical (unpaired) electrons. The number of rotatable bonds is 2. The van der Waals surface area contributed by atoms with E-state index in [1.165, 1.54) is 0 Å². The van der Waals surface area contributed by atoms with Gasteiger partial charge in [0.25, 0.3) is 0 Å². The van der Waals surface area contributed by atoms with E-state index in [1.54, 1.807) is 17.9 Å². The number of hydrogen-bond donors (Lipinski definition) is 2. The number of hydrogen-bond acceptors (Lipinski definition) is 2. The molecule has 0 fully saturated rings. The Labute approximate surface area is 70.8 Å². The average Bonchev–Trinajstić information content (AvgIpc) is 2.47. The second-order valence-electron chi connectivity index (χ2n) is 2.38. The van der Waals surface area contributed by atoms with Gasteiger partial charge in [0.2, 0.25) is 0 Å². The van der Waals surface area contributed by atoms with Crippen molar-refractivity contribution < 1.29 is 4.79 Å². The molecule has 5 heteroatoms. The van der Waals surface area contributed by atoms with E-state index >= 15 is 0 Å². The van der Waals surface area contributed by atoms with Gasteiger partial charge in [-0.1, -0.05) is 0 Å². The molecule has 1 aromatic heterocycles. The third kappa shape index (κ3) is 1.98. The summed E-state index contributed by atoms with van der Waals surface area (Å²) in [5, 5.41) is 9.10. The third-order valence-electron chi connectivity index (χ3n) is 1.58. The van der Waals surface area contributed by atoms with Gasteiger partial charge in [-0.25, -0.2) is 4.79 Å². The quantitative estimate of drug-likeness (QED) is 0.645. The molecule has 1 heterocycles. The van der Waals surface area contributed by atoms with Gasteiger partial charge in [-0.3, -0.25) is 4.68 Å². The van der Waals surface area contributed by atoms with Gasteiger partial charge in [0.1, 0.15) is 0 Å². The SMILES string of the molecule is CNC(=O)NCc1ccnn1C. The van der Waals surface area contributed by atoms with Crippen LogP contribution in [0.3, 0.4) is 0 Å². The van der Waals surface area contributed by atoms with Crippen LogP contribution in [0.5, 0.6) is 0 Å². The van der Waals surface area contributed by atoms with E-state index in [2.05, 4.69) is 15.7 Å². The molecule has 2 N–H and O–H groups in total. The lowest BCUT2D eigenvalue weighted by molar-refractivity contribution is 0.242. The fraction of sp³-hybridized carbons (Fsp3) is 0.429. The van der Waals surface area contributed by atoms with Crippen molar-refractivity contribution in [2.24, 2.45) is 7.05 Å². The van der Waals surface area contributed by atoms with Crippen molar-refractivity contribution in [2.75, 3.05) is 7.05 Å². The van der Waals surface area contributed by atoms with Gasteiger partial charge in [0.05, 0.1) is 12.2 Å². The number of aryl methyl sites for hydroxylation is 1. The summed E-state index contributed by atoms with van der Waals surface area (Å²) in [5.41, 5.74) is 0.971. The number of urea groups is 1. The zero-order valence-corrected chi connectivity index (χ0v) is 7.16. The van der Waals surface area contributed by atoms with Gasteiger partial charge in [-0.2, -0.15) is 5.10 Å². The van der Waals surface area contributed by atoms with Crippen LogP contribution in [0.4, 0.5) is 4.79 Å². The van der Waals surface area contributed by atoms with Crippen molar-refractivity contribution in [3.63, 3.8) is 0 Å². The van der Waals surface area contributed by atoms with Gasteiger partial charge in [0.15, 0.2) is 0 Å². The molecule has 2 amide bonds. The molecule has 1 rings (SSSR count). The smallest absolute Gasteiger partial charge is 0.314 e. The fourth-order valence-electron chi connectivity index (χ4n) is 0.834. The highest BCUT2D eigenvalue weighted by Gasteiger charge is 1.99. The van der Waals surface area contributed by atoms with E-state index in [-0.39, 0.29) is 6.03 Å². The first-order valence-electron chi connectivity index (χ1n) is 3.66. The molecule has 0 unspecified atom stereocenters. The summed E-state index contributed by atoms with van der Waals surface area (Å²) >= 11 is 0. The summed E-state index contributed by atoms with van der Waals surface area (Å²) < 4.78 is 1.72. The monoisotopic (exact) mass is 168 g/mol. The molecule has 0 saturated carbocycles. The summed E-state index contributed by atoms with van der Waals surface area (Å²) in [7, 11) is 3.42. The van der Waals surface area contributed by atoms with Gasteiger partial charge in [-0.15, -0.1) is 0 Å². The van der Waals surface area contributed by atoms with Gasteiger partial charge >= 0.3 is 6.03 Å². The first-order chi connectivity index (χ1) is 5.74. The lowest BCUT2D eigenvalue weighted by Gasteiger charge is -2.03. The molecule has 5 nitrogen and oxygen atoms in total. The lowest BCUT2D eigenvalue weighted by atomic mass is 10.4. The van der Waals surface area contributed by atoms with Crippen LogP contribution in [0.25, 0.3) is 0 Å². The molecule has 0 bridgehead atoms. The summed E-state index contributed by atoms with van der Waals surface area (Å²) in [4.78, 5) is 10.8. The molecule has 0 spiro atoms. The Morgan fingerprint density at radius 2 is 2.50 bits per heavy atom. The predicted molar refractivity (Wildman–Crippen MR) is 44.5 cm³/mol. The first-order valence-corrected chi connectivity index (χ1v) is 3.66. The van der Waals surface area contributed by atoms with E-state index in [1.807, 2.05) is 13.1 Å². The number of nitrogens with one attached hydrogen (secondary N) is 2. The number of carbonyl (C=O) groups excluding carboxylic acids is 1. The fourth-order valence-corrected chi connectivity index (χ4v) is 0.834. The standard InChI is InChI=1S/C7H12N4O/c1-8-7(12)9-5-6-3-4-10-11(6)2/h3-4H,5H2,1-2H3,(H2,8,9,12). The van der Waals surface area contributed by atoms with Gasteiger partial charge in [-0.05, 0) is 6.07 Å². The Morgan fingerprint density at radius 3 is 3.00 bits per heavy atom. The summed E-state index contributed by atoms with van der Waals surface area (Å²) in [6.07, 6.45) is 1.70. The number of aromatic nitrogens is 2. The van der Waals surface area contributed by atoms with E-state index in [9.17, 15) is 4.79 Å². The maximum absolute atomic E-state index is 10.8. The molecule has 0 aliphatic rings.